The Hall–Kier alpha value is -1.41. The van der Waals surface area contributed by atoms with Crippen LogP contribution in [0.15, 0.2) is 34.6 Å². The number of rotatable bonds is 10. The molecule has 5 heteroatoms. The monoisotopic (exact) mass is 391 g/mol. The molecule has 0 fully saturated rings. The van der Waals surface area contributed by atoms with E-state index in [0.29, 0.717) is 0 Å². The van der Waals surface area contributed by atoms with Crippen LogP contribution in [0.4, 0.5) is 10.1 Å². The first-order chi connectivity index (χ1) is 12.8. The SMILES string of the molecule is CC/C=C(C)\C(=C/CF)CCCc1ncnc(C)c1N=C(C)C(C)(C)PC. The van der Waals surface area contributed by atoms with Crippen molar-refractivity contribution in [2.45, 2.75) is 72.4 Å². The Balaban J connectivity index is 3.00. The van der Waals surface area contributed by atoms with Crippen molar-refractivity contribution in [3.63, 3.8) is 0 Å². The Labute approximate surface area is 166 Å². The highest BCUT2D eigenvalue weighted by Crippen LogP contribution is 2.32. The summed E-state index contributed by atoms with van der Waals surface area (Å²) in [5.74, 6) is 0. The van der Waals surface area contributed by atoms with E-state index in [4.69, 9.17) is 4.99 Å². The smallest absolute Gasteiger partial charge is 0.116 e. The molecule has 1 aromatic rings. The van der Waals surface area contributed by atoms with Gasteiger partial charge in [0.25, 0.3) is 0 Å². The van der Waals surface area contributed by atoms with Gasteiger partial charge in [-0.25, -0.2) is 14.4 Å². The summed E-state index contributed by atoms with van der Waals surface area (Å²) < 4.78 is 12.9. The van der Waals surface area contributed by atoms with Crippen LogP contribution in [0.25, 0.3) is 0 Å². The maximum atomic E-state index is 12.9. The molecule has 150 valence electrons. The van der Waals surface area contributed by atoms with Crippen molar-refractivity contribution in [2.75, 3.05) is 13.3 Å². The zero-order chi connectivity index (χ0) is 20.4. The number of aliphatic imine (C=N–C) groups is 1. The Bertz CT molecular complexity index is 706. The molecule has 0 saturated heterocycles. The minimum Gasteiger partial charge on any atom is -0.253 e. The fourth-order valence-electron chi connectivity index (χ4n) is 2.77. The van der Waals surface area contributed by atoms with Crippen molar-refractivity contribution in [3.8, 4) is 0 Å². The van der Waals surface area contributed by atoms with Gasteiger partial charge in [-0.15, -0.1) is 8.58 Å². The van der Waals surface area contributed by atoms with Crippen LogP contribution in [0.3, 0.4) is 0 Å². The number of hydrogen-bond donors (Lipinski definition) is 0. The van der Waals surface area contributed by atoms with E-state index in [2.05, 4.69) is 57.3 Å². The number of aryl methyl sites for hydroxylation is 2. The minimum atomic E-state index is -0.418. The predicted molar refractivity (Wildman–Crippen MR) is 119 cm³/mol. The number of halogens is 1. The third-order valence-electron chi connectivity index (χ3n) is 5.09. The number of allylic oxidation sites excluding steroid dienone is 4. The van der Waals surface area contributed by atoms with Crippen LogP contribution in [-0.2, 0) is 6.42 Å². The second-order valence-corrected chi connectivity index (χ2v) is 9.11. The van der Waals surface area contributed by atoms with E-state index in [0.717, 1.165) is 62.6 Å². The highest BCUT2D eigenvalue weighted by atomic mass is 31.1. The lowest BCUT2D eigenvalue weighted by atomic mass is 9.99. The van der Waals surface area contributed by atoms with Crippen LogP contribution in [-0.4, -0.2) is 34.2 Å². The van der Waals surface area contributed by atoms with Crippen LogP contribution in [0.1, 0.15) is 65.3 Å². The van der Waals surface area contributed by atoms with E-state index in [1.54, 1.807) is 12.4 Å². The first kappa shape index (κ1) is 23.6. The molecular weight excluding hydrogens is 356 g/mol. The Kier molecular flexibility index (Phi) is 10.0. The standard InChI is InChI=1S/C22H35FN3P/c1-8-10-16(2)19(13-14-23)11-9-12-20-21(17(3)24-15-25-20)26-18(4)22(5,6)27-7/h10,13,15,27H,8-9,11-12,14H2,1-7H3/b16-10-,19-13-,26-18?. The molecule has 1 aromatic heterocycles. The van der Waals surface area contributed by atoms with Crippen molar-refractivity contribution >= 4 is 20.0 Å². The normalized spacial score (nSPS) is 14.4. The van der Waals surface area contributed by atoms with Crippen molar-refractivity contribution in [2.24, 2.45) is 4.99 Å². The second-order valence-electron chi connectivity index (χ2n) is 7.36. The van der Waals surface area contributed by atoms with Crippen molar-refractivity contribution < 1.29 is 4.39 Å². The van der Waals surface area contributed by atoms with Crippen LogP contribution < -0.4 is 0 Å². The highest BCUT2D eigenvalue weighted by Gasteiger charge is 2.20. The lowest BCUT2D eigenvalue weighted by Crippen LogP contribution is -2.23. The quantitative estimate of drug-likeness (QED) is 0.258. The Morgan fingerprint density at radius 1 is 1.26 bits per heavy atom. The predicted octanol–water partition coefficient (Wildman–Crippen LogP) is 6.54. The van der Waals surface area contributed by atoms with Gasteiger partial charge in [-0.1, -0.05) is 38.5 Å². The van der Waals surface area contributed by atoms with Gasteiger partial charge in [0.15, 0.2) is 0 Å². The van der Waals surface area contributed by atoms with E-state index >= 15 is 0 Å². The molecule has 0 aromatic carbocycles. The third kappa shape index (κ3) is 7.25. The van der Waals surface area contributed by atoms with Gasteiger partial charge in [-0.05, 0) is 58.7 Å². The minimum absolute atomic E-state index is 0.0820. The summed E-state index contributed by atoms with van der Waals surface area (Å²) in [6, 6.07) is 0. The van der Waals surface area contributed by atoms with Gasteiger partial charge in [-0.3, -0.25) is 4.99 Å². The maximum absolute atomic E-state index is 12.9. The molecule has 0 aliphatic carbocycles. The molecule has 0 aliphatic rings. The molecule has 1 unspecified atom stereocenters. The van der Waals surface area contributed by atoms with Crippen LogP contribution in [0.5, 0.6) is 0 Å². The number of alkyl halides is 1. The molecule has 27 heavy (non-hydrogen) atoms. The van der Waals surface area contributed by atoms with Gasteiger partial charge in [0.2, 0.25) is 0 Å². The molecule has 0 aliphatic heterocycles. The molecule has 3 nitrogen and oxygen atoms in total. The summed E-state index contributed by atoms with van der Waals surface area (Å²) in [5, 5.41) is 0.0820. The van der Waals surface area contributed by atoms with Crippen molar-refractivity contribution in [1.29, 1.82) is 0 Å². The fraction of sp³-hybridized carbons (Fsp3) is 0.591. The summed E-state index contributed by atoms with van der Waals surface area (Å²) in [6.07, 6.45) is 9.01. The summed E-state index contributed by atoms with van der Waals surface area (Å²) in [4.78, 5) is 13.8. The number of aromatic nitrogens is 2. The number of nitrogens with zero attached hydrogens (tertiary/aromatic N) is 3. The lowest BCUT2D eigenvalue weighted by Gasteiger charge is -2.23. The fourth-order valence-corrected chi connectivity index (χ4v) is 3.19. The lowest BCUT2D eigenvalue weighted by molar-refractivity contribution is 0.558. The van der Waals surface area contributed by atoms with Crippen LogP contribution in [0, 0.1) is 6.92 Å². The first-order valence-electron chi connectivity index (χ1n) is 9.74. The Morgan fingerprint density at radius 2 is 1.96 bits per heavy atom. The average molecular weight is 392 g/mol. The molecule has 0 bridgehead atoms. The highest BCUT2D eigenvalue weighted by molar-refractivity contribution is 7.40. The van der Waals surface area contributed by atoms with Gasteiger partial charge in [0, 0.05) is 10.9 Å². The largest absolute Gasteiger partial charge is 0.253 e. The van der Waals surface area contributed by atoms with E-state index in [-0.39, 0.29) is 5.16 Å². The molecular formula is C22H35FN3P. The topological polar surface area (TPSA) is 38.1 Å². The van der Waals surface area contributed by atoms with Gasteiger partial charge in [0.05, 0.1) is 11.4 Å². The van der Waals surface area contributed by atoms with E-state index < -0.39 is 6.67 Å². The maximum Gasteiger partial charge on any atom is 0.116 e. The van der Waals surface area contributed by atoms with E-state index in [1.807, 2.05) is 6.92 Å². The average Bonchev–Trinajstić information content (AvgIpc) is 2.63. The van der Waals surface area contributed by atoms with Gasteiger partial charge in [0.1, 0.15) is 18.7 Å². The summed E-state index contributed by atoms with van der Waals surface area (Å²) >= 11 is 0. The van der Waals surface area contributed by atoms with E-state index in [1.165, 1.54) is 5.57 Å². The zero-order valence-electron chi connectivity index (χ0n) is 18.0. The molecule has 0 radical (unpaired) electrons. The van der Waals surface area contributed by atoms with E-state index in [9.17, 15) is 4.39 Å². The van der Waals surface area contributed by atoms with Crippen molar-refractivity contribution in [1.82, 2.24) is 9.97 Å². The summed E-state index contributed by atoms with van der Waals surface area (Å²) in [6.45, 7) is 14.5. The molecule has 1 atom stereocenters. The molecule has 1 heterocycles. The van der Waals surface area contributed by atoms with Gasteiger partial charge >= 0.3 is 0 Å². The number of hydrogen-bond acceptors (Lipinski definition) is 3. The van der Waals surface area contributed by atoms with Gasteiger partial charge in [-0.2, -0.15) is 0 Å². The third-order valence-corrected chi connectivity index (χ3v) is 6.70. The molecule has 0 N–H and O–H groups in total. The Morgan fingerprint density at radius 3 is 2.56 bits per heavy atom. The van der Waals surface area contributed by atoms with Crippen LogP contribution in [0.2, 0.25) is 0 Å². The van der Waals surface area contributed by atoms with Crippen molar-refractivity contribution in [3.05, 3.63) is 41.0 Å². The molecule has 0 spiro atoms. The molecule has 0 amide bonds. The summed E-state index contributed by atoms with van der Waals surface area (Å²) in [5.41, 5.74) is 6.18. The second kappa shape index (κ2) is 11.4. The molecule has 1 rings (SSSR count). The molecule has 0 saturated carbocycles. The first-order valence-corrected chi connectivity index (χ1v) is 11.2. The van der Waals surface area contributed by atoms with Crippen LogP contribution >= 0.6 is 8.58 Å². The van der Waals surface area contributed by atoms with Gasteiger partial charge < -0.3 is 0 Å². The summed E-state index contributed by atoms with van der Waals surface area (Å²) in [7, 11) is 0.783. The zero-order valence-corrected chi connectivity index (χ0v) is 19.0.